The van der Waals surface area contributed by atoms with E-state index in [9.17, 15) is 55.3 Å². The van der Waals surface area contributed by atoms with Crippen LogP contribution in [0.25, 0.3) is 21.5 Å². The molecule has 0 unspecified atom stereocenters. The van der Waals surface area contributed by atoms with Crippen LogP contribution < -0.4 is 10.6 Å². The third-order valence-corrected chi connectivity index (χ3v) is 10.8. The number of fused-ring (bicyclic) bond motifs is 2. The average molecular weight is 885 g/mol. The van der Waals surface area contributed by atoms with Crippen LogP contribution in [0, 0.1) is 0 Å². The Labute approximate surface area is 350 Å². The number of nitrogens with zero attached hydrogens (tertiary/aromatic N) is 4. The number of amides is 2. The van der Waals surface area contributed by atoms with Gasteiger partial charge in [0.25, 0.3) is 20.2 Å². The highest BCUT2D eigenvalue weighted by atomic mass is 32.2. The summed E-state index contributed by atoms with van der Waals surface area (Å²) in [6.45, 7) is 0. The molecule has 0 bridgehead atoms. The third-order valence-electron chi connectivity index (χ3n) is 9.04. The highest BCUT2D eigenvalue weighted by molar-refractivity contribution is 7.86. The van der Waals surface area contributed by atoms with Crippen LogP contribution in [0.3, 0.4) is 0 Å². The number of carbonyl (C=O) groups is 4. The van der Waals surface area contributed by atoms with Crippen molar-refractivity contribution < 1.29 is 65.5 Å². The minimum Gasteiger partial charge on any atom is -0.505 e. The molecular formula is C40H32N6O14S2. The van der Waals surface area contributed by atoms with Crippen molar-refractivity contribution in [1.82, 2.24) is 0 Å². The molecule has 8 N–H and O–H groups in total. The highest BCUT2D eigenvalue weighted by Gasteiger charge is 2.25. The van der Waals surface area contributed by atoms with Crippen molar-refractivity contribution in [2.24, 2.45) is 20.5 Å². The molecular weight excluding hydrogens is 853 g/mol. The van der Waals surface area contributed by atoms with Crippen LogP contribution in [-0.2, 0) is 52.3 Å². The molecule has 0 aliphatic rings. The Morgan fingerprint density at radius 2 is 0.855 bits per heavy atom. The van der Waals surface area contributed by atoms with Crippen LogP contribution in [0.15, 0.2) is 127 Å². The summed E-state index contributed by atoms with van der Waals surface area (Å²) in [7, 11) is -10.0. The number of phenols is 2. The number of aliphatic carboxylic acids is 2. The largest absolute Gasteiger partial charge is 0.505 e. The number of aromatic hydroxyl groups is 2. The van der Waals surface area contributed by atoms with Gasteiger partial charge in [0.2, 0.25) is 0 Å². The standard InChI is InChI=1S/C40H32N6O14S2/c47-33(48)15-5-21-1-7-25(8-2-21)43-45-35-31(61(55,56)57)19-23-17-27(11-13-29(23)37(35)51)41-39(53)40(54)42-28-12-14-30-24(18-28)20-32(62(58,59)60)36(38(30)52)46-44-26-9-3-22(4-10-26)6-16-34(49)50/h1-4,7-14,17-20,51-52H,5-6,15-16H2,(H,41,53)(H,42,54)(H,47,48)(H,49,50)(H,55,56,57)(H,58,59,60). The second kappa shape index (κ2) is 17.9. The Bertz CT molecular complexity index is 2880. The molecule has 318 valence electrons. The number of carboxylic acids is 2. The fraction of sp³-hybridized carbons (Fsp3) is 0.100. The first-order chi connectivity index (χ1) is 29.3. The van der Waals surface area contributed by atoms with Crippen LogP contribution in [0.2, 0.25) is 0 Å². The number of nitrogens with one attached hydrogen (secondary N) is 2. The van der Waals surface area contributed by atoms with Gasteiger partial charge < -0.3 is 31.1 Å². The third kappa shape index (κ3) is 10.6. The lowest BCUT2D eigenvalue weighted by atomic mass is 10.1. The zero-order chi connectivity index (χ0) is 44.9. The predicted molar refractivity (Wildman–Crippen MR) is 221 cm³/mol. The molecule has 0 aromatic heterocycles. The molecule has 6 aromatic rings. The highest BCUT2D eigenvalue weighted by Crippen LogP contribution is 2.43. The van der Waals surface area contributed by atoms with Crippen LogP contribution in [0.4, 0.5) is 34.1 Å². The maximum atomic E-state index is 13.0. The van der Waals surface area contributed by atoms with Crippen LogP contribution >= 0.6 is 0 Å². The molecule has 2 amide bonds. The number of anilines is 2. The summed E-state index contributed by atoms with van der Waals surface area (Å²) >= 11 is 0. The maximum absolute atomic E-state index is 13.0. The molecule has 0 heterocycles. The number of hydrogen-bond donors (Lipinski definition) is 8. The first-order valence-corrected chi connectivity index (χ1v) is 20.8. The number of aryl methyl sites for hydroxylation is 2. The van der Waals surface area contributed by atoms with Gasteiger partial charge in [0.05, 0.1) is 11.4 Å². The molecule has 0 atom stereocenters. The van der Waals surface area contributed by atoms with Gasteiger partial charge in [-0.3, -0.25) is 28.3 Å². The van der Waals surface area contributed by atoms with Crippen molar-refractivity contribution in [2.75, 3.05) is 10.6 Å². The normalized spacial score (nSPS) is 12.0. The van der Waals surface area contributed by atoms with E-state index >= 15 is 0 Å². The fourth-order valence-electron chi connectivity index (χ4n) is 6.00. The summed E-state index contributed by atoms with van der Waals surface area (Å²) < 4.78 is 69.4. The molecule has 0 spiro atoms. The monoisotopic (exact) mass is 884 g/mol. The molecule has 6 rings (SSSR count). The van der Waals surface area contributed by atoms with E-state index in [0.29, 0.717) is 11.1 Å². The van der Waals surface area contributed by atoms with Gasteiger partial charge in [0.15, 0.2) is 11.5 Å². The van der Waals surface area contributed by atoms with E-state index < -0.39 is 76.7 Å². The average Bonchev–Trinajstić information content (AvgIpc) is 3.21. The molecule has 0 radical (unpaired) electrons. The van der Waals surface area contributed by atoms with Crippen molar-refractivity contribution in [3.05, 3.63) is 108 Å². The number of hydrogen-bond acceptors (Lipinski definition) is 14. The molecule has 0 fully saturated rings. The first-order valence-electron chi connectivity index (χ1n) is 17.9. The molecule has 62 heavy (non-hydrogen) atoms. The second-order valence-electron chi connectivity index (χ2n) is 13.4. The molecule has 0 aliphatic heterocycles. The lowest BCUT2D eigenvalue weighted by Gasteiger charge is -2.12. The van der Waals surface area contributed by atoms with Gasteiger partial charge in [0, 0.05) is 35.0 Å². The Balaban J connectivity index is 1.20. The molecule has 0 aliphatic carbocycles. The summed E-state index contributed by atoms with van der Waals surface area (Å²) in [6, 6.07) is 21.8. The number of azo groups is 2. The first kappa shape index (κ1) is 43.9. The van der Waals surface area contributed by atoms with E-state index in [0.717, 1.165) is 12.1 Å². The minimum absolute atomic E-state index is 0.0103. The lowest BCUT2D eigenvalue weighted by Crippen LogP contribution is -2.29. The Hall–Kier alpha value is -7.66. The molecule has 6 aromatic carbocycles. The van der Waals surface area contributed by atoms with E-state index in [1.54, 1.807) is 24.3 Å². The van der Waals surface area contributed by atoms with E-state index in [1.165, 1.54) is 60.7 Å². The van der Waals surface area contributed by atoms with Crippen LogP contribution in [0.5, 0.6) is 11.5 Å². The van der Waals surface area contributed by atoms with Gasteiger partial charge >= 0.3 is 23.8 Å². The summed E-state index contributed by atoms with van der Waals surface area (Å²) in [5, 5.41) is 60.0. The lowest BCUT2D eigenvalue weighted by molar-refractivity contribution is -0.138. The van der Waals surface area contributed by atoms with Gasteiger partial charge in [-0.2, -0.15) is 27.1 Å². The van der Waals surface area contributed by atoms with Crippen LogP contribution in [0.1, 0.15) is 24.0 Å². The molecule has 20 nitrogen and oxygen atoms in total. The van der Waals surface area contributed by atoms with E-state index in [2.05, 4.69) is 31.1 Å². The van der Waals surface area contributed by atoms with Crippen molar-refractivity contribution in [3.8, 4) is 11.5 Å². The number of carboxylic acid groups (broad SMARTS) is 2. The topological polar surface area (TPSA) is 331 Å². The maximum Gasteiger partial charge on any atom is 0.314 e. The van der Waals surface area contributed by atoms with Crippen molar-refractivity contribution in [2.45, 2.75) is 35.5 Å². The van der Waals surface area contributed by atoms with E-state index in [4.69, 9.17) is 10.2 Å². The van der Waals surface area contributed by atoms with Gasteiger partial charge in [-0.25, -0.2) is 0 Å². The van der Waals surface area contributed by atoms with Gasteiger partial charge in [0.1, 0.15) is 21.2 Å². The zero-order valence-corrected chi connectivity index (χ0v) is 33.3. The zero-order valence-electron chi connectivity index (χ0n) is 31.6. The SMILES string of the molecule is O=C(O)CCc1ccc(N=Nc2c(S(=O)(=O)O)cc3cc(NC(=O)C(=O)Nc4ccc5c(O)c(N=Nc6ccc(CCC(=O)O)cc6)c(S(=O)(=O)O)cc5c4)ccc3c2O)cc1. The fourth-order valence-corrected chi connectivity index (χ4v) is 7.31. The van der Waals surface area contributed by atoms with Crippen molar-refractivity contribution in [1.29, 1.82) is 0 Å². The Morgan fingerprint density at radius 1 is 0.500 bits per heavy atom. The second-order valence-corrected chi connectivity index (χ2v) is 16.2. The quantitative estimate of drug-likeness (QED) is 0.0301. The number of rotatable bonds is 14. The smallest absolute Gasteiger partial charge is 0.314 e. The van der Waals surface area contributed by atoms with E-state index in [1.807, 2.05) is 0 Å². The summed E-state index contributed by atoms with van der Waals surface area (Å²) in [5.41, 5.74) is 0.527. The van der Waals surface area contributed by atoms with Gasteiger partial charge in [-0.1, -0.05) is 24.3 Å². The number of benzene rings is 6. The van der Waals surface area contributed by atoms with Crippen molar-refractivity contribution in [3.63, 3.8) is 0 Å². The summed E-state index contributed by atoms with van der Waals surface area (Å²) in [6.07, 6.45) is 0.329. The summed E-state index contributed by atoms with van der Waals surface area (Å²) in [5.74, 6) is -5.78. The summed E-state index contributed by atoms with van der Waals surface area (Å²) in [4.78, 5) is 45.9. The molecule has 22 heteroatoms. The van der Waals surface area contributed by atoms with Gasteiger partial charge in [-0.05, 0) is 108 Å². The van der Waals surface area contributed by atoms with Crippen LogP contribution in [-0.4, -0.2) is 70.1 Å². The Morgan fingerprint density at radius 3 is 1.18 bits per heavy atom. The Kier molecular flexibility index (Phi) is 12.7. The molecule has 0 saturated heterocycles. The minimum atomic E-state index is -5.02. The number of carbonyl (C=O) groups excluding carboxylic acids is 2. The van der Waals surface area contributed by atoms with E-state index in [-0.39, 0.29) is 70.0 Å². The molecule has 0 saturated carbocycles. The predicted octanol–water partition coefficient (Wildman–Crippen LogP) is 7.34. The van der Waals surface area contributed by atoms with Crippen molar-refractivity contribution >= 4 is 99.7 Å². The van der Waals surface area contributed by atoms with Gasteiger partial charge in [-0.15, -0.1) is 10.2 Å². The number of phenolic OH excluding ortho intramolecular Hbond substituents is 2.